The number of hydrogen-bond donors (Lipinski definition) is 0. The van der Waals surface area contributed by atoms with Crippen LogP contribution in [0.15, 0.2) is 0 Å². The highest BCUT2D eigenvalue weighted by Crippen LogP contribution is 2.09. The van der Waals surface area contributed by atoms with E-state index in [1.807, 2.05) is 0 Å². The van der Waals surface area contributed by atoms with E-state index in [4.69, 9.17) is 4.74 Å². The molecule has 10 heavy (non-hydrogen) atoms. The molecule has 1 aliphatic rings. The smallest absolute Gasteiger partial charge is 0.0814 e. The minimum atomic E-state index is 0. The average Bonchev–Trinajstić information content (AvgIpc) is 1.86. The van der Waals surface area contributed by atoms with Crippen molar-refractivity contribution in [3.8, 4) is 0 Å². The molecule has 1 heterocycles. The van der Waals surface area contributed by atoms with E-state index in [0.717, 1.165) is 6.61 Å². The summed E-state index contributed by atoms with van der Waals surface area (Å²) in [5, 5.41) is 0. The van der Waals surface area contributed by atoms with Crippen molar-refractivity contribution in [2.75, 3.05) is 6.61 Å². The van der Waals surface area contributed by atoms with Crippen molar-refractivity contribution in [1.82, 2.24) is 0 Å². The fraction of sp³-hybridized carbons (Fsp3) is 1.00. The van der Waals surface area contributed by atoms with Gasteiger partial charge in [0.2, 0.25) is 0 Å². The summed E-state index contributed by atoms with van der Waals surface area (Å²) in [4.78, 5) is 0. The van der Waals surface area contributed by atoms with Gasteiger partial charge in [-0.1, -0.05) is 0 Å². The van der Waals surface area contributed by atoms with E-state index in [-0.39, 0.29) is 22.5 Å². The quantitative estimate of drug-likeness (QED) is 0.467. The lowest BCUT2D eigenvalue weighted by Gasteiger charge is -1.94. The van der Waals surface area contributed by atoms with Crippen LogP contribution in [0.25, 0.3) is 0 Å². The molecule has 0 spiro atoms. The van der Waals surface area contributed by atoms with Crippen molar-refractivity contribution in [3.05, 3.63) is 0 Å². The van der Waals surface area contributed by atoms with E-state index in [0.29, 0.717) is 6.10 Å². The molecule has 0 aromatic carbocycles. The number of hydrogen-bond acceptors (Lipinski definition) is 1. The van der Waals surface area contributed by atoms with Crippen LogP contribution < -0.4 is 0 Å². The first-order valence-electron chi connectivity index (χ1n) is 2.51. The molecule has 0 aromatic heterocycles. The van der Waals surface area contributed by atoms with Crippen LogP contribution in [0.3, 0.4) is 0 Å². The van der Waals surface area contributed by atoms with Crippen LogP contribution in [-0.2, 0) is 4.74 Å². The second-order valence-electron chi connectivity index (χ2n) is 1.82. The van der Waals surface area contributed by atoms with E-state index < -0.39 is 0 Å². The van der Waals surface area contributed by atoms with Crippen molar-refractivity contribution >= 4 is 8.41 Å². The summed E-state index contributed by atoms with van der Waals surface area (Å²) in [5.74, 6) is 0. The molecule has 0 aliphatic carbocycles. The van der Waals surface area contributed by atoms with Crippen molar-refractivity contribution in [3.63, 3.8) is 0 Å². The molecule has 0 saturated carbocycles. The van der Waals surface area contributed by atoms with Crippen LogP contribution in [0, 0.1) is 0 Å². The fourth-order valence-electron chi connectivity index (χ4n) is 0.739. The summed E-state index contributed by atoms with van der Waals surface area (Å²) in [5.41, 5.74) is 0. The zero-order valence-electron chi connectivity index (χ0n) is 5.33. The average molecular weight is 160 g/mol. The normalized spacial score (nSPS) is 20.7. The third kappa shape index (κ3) is 7.81. The third-order valence-corrected chi connectivity index (χ3v) is 1.16. The molecule has 0 N–H and O–H groups in total. The van der Waals surface area contributed by atoms with E-state index in [2.05, 4.69) is 6.92 Å². The van der Waals surface area contributed by atoms with Crippen LogP contribution in [0.5, 0.6) is 0 Å². The predicted molar refractivity (Wildman–Crippen MR) is 42.1 cm³/mol. The summed E-state index contributed by atoms with van der Waals surface area (Å²) in [6, 6.07) is 0. The first kappa shape index (κ1) is 22.6. The first-order valence-corrected chi connectivity index (χ1v) is 2.51. The van der Waals surface area contributed by atoms with Crippen molar-refractivity contribution in [2.45, 2.75) is 25.9 Å². The van der Waals surface area contributed by atoms with Crippen molar-refractivity contribution in [2.24, 2.45) is 0 Å². The van der Waals surface area contributed by atoms with Gasteiger partial charge in [0.25, 0.3) is 0 Å². The lowest BCUT2D eigenvalue weighted by molar-refractivity contribution is 0.125. The predicted octanol–water partition coefficient (Wildman–Crippen LogP) is 0.459. The van der Waals surface area contributed by atoms with Gasteiger partial charge in [0.05, 0.1) is 14.5 Å². The Balaban J connectivity index is -0.0000000450. The number of halogens is 3. The molecule has 0 amide bonds. The Kier molecular flexibility index (Phi) is 26.1. The van der Waals surface area contributed by atoms with Crippen LogP contribution in [0.1, 0.15) is 19.8 Å². The standard InChI is InChI=1S/C5H10O.BH3.3FH/c1-5-3-2-4-6-5;;;;/h5H,2-4H2,1H3;1H3;3*1H. The summed E-state index contributed by atoms with van der Waals surface area (Å²) >= 11 is 0. The Bertz CT molecular complexity index is 50.2. The highest BCUT2D eigenvalue weighted by molar-refractivity contribution is 5.75. The van der Waals surface area contributed by atoms with Gasteiger partial charge in [0.1, 0.15) is 0 Å². The van der Waals surface area contributed by atoms with E-state index in [9.17, 15) is 0 Å². The van der Waals surface area contributed by atoms with E-state index in [1.54, 1.807) is 0 Å². The molecule has 1 atom stereocenters. The Hall–Kier alpha value is -0.185. The van der Waals surface area contributed by atoms with Gasteiger partial charge in [-0.15, -0.1) is 0 Å². The molecule has 1 unspecified atom stereocenters. The monoisotopic (exact) mass is 160 g/mol. The molecular formula is C5H16BF3O. The van der Waals surface area contributed by atoms with Gasteiger partial charge in [-0.05, 0) is 19.8 Å². The second kappa shape index (κ2) is 11.6. The second-order valence-corrected chi connectivity index (χ2v) is 1.82. The van der Waals surface area contributed by atoms with Gasteiger partial charge in [-0.25, -0.2) is 0 Å². The zero-order chi connectivity index (χ0) is 4.41. The van der Waals surface area contributed by atoms with Crippen LogP contribution in [0.4, 0.5) is 14.1 Å². The molecule has 1 aliphatic heterocycles. The van der Waals surface area contributed by atoms with Crippen molar-refractivity contribution in [1.29, 1.82) is 0 Å². The largest absolute Gasteiger partial charge is 0.379 e. The molecule has 0 radical (unpaired) electrons. The number of ether oxygens (including phenoxy) is 1. The van der Waals surface area contributed by atoms with Gasteiger partial charge in [-0.2, -0.15) is 0 Å². The SMILES string of the molecule is B.CC1CCCO1.F.F.F. The van der Waals surface area contributed by atoms with Gasteiger partial charge in [0.15, 0.2) is 0 Å². The molecule has 1 rings (SSSR count). The van der Waals surface area contributed by atoms with Crippen molar-refractivity contribution < 1.29 is 18.9 Å². The van der Waals surface area contributed by atoms with Crippen LogP contribution in [-0.4, -0.2) is 21.1 Å². The summed E-state index contributed by atoms with van der Waals surface area (Å²) in [6.07, 6.45) is 3.08. The minimum absolute atomic E-state index is 0. The maximum absolute atomic E-state index is 5.15. The molecule has 1 fully saturated rings. The Morgan fingerprint density at radius 2 is 1.70 bits per heavy atom. The summed E-state index contributed by atoms with van der Waals surface area (Å²) < 4.78 is 5.15. The van der Waals surface area contributed by atoms with Gasteiger partial charge < -0.3 is 4.74 Å². The highest BCUT2D eigenvalue weighted by Gasteiger charge is 2.07. The van der Waals surface area contributed by atoms with Gasteiger partial charge in [-0.3, -0.25) is 14.1 Å². The lowest BCUT2D eigenvalue weighted by Crippen LogP contribution is -1.94. The molecular weight excluding hydrogens is 144 g/mol. The Labute approximate surface area is 60.8 Å². The van der Waals surface area contributed by atoms with Gasteiger partial charge in [0, 0.05) is 6.61 Å². The summed E-state index contributed by atoms with van der Waals surface area (Å²) in [6.45, 7) is 3.11. The van der Waals surface area contributed by atoms with Crippen LogP contribution in [0.2, 0.25) is 0 Å². The molecule has 0 bridgehead atoms. The minimum Gasteiger partial charge on any atom is -0.379 e. The Morgan fingerprint density at radius 1 is 1.20 bits per heavy atom. The van der Waals surface area contributed by atoms with E-state index >= 15 is 0 Å². The third-order valence-electron chi connectivity index (χ3n) is 1.16. The van der Waals surface area contributed by atoms with Gasteiger partial charge >= 0.3 is 0 Å². The topological polar surface area (TPSA) is 9.23 Å². The number of rotatable bonds is 0. The summed E-state index contributed by atoms with van der Waals surface area (Å²) in [7, 11) is 0. The van der Waals surface area contributed by atoms with E-state index in [1.165, 1.54) is 12.8 Å². The molecule has 1 nitrogen and oxygen atoms in total. The molecule has 5 heteroatoms. The first-order chi connectivity index (χ1) is 2.89. The Morgan fingerprint density at radius 3 is 1.80 bits per heavy atom. The highest BCUT2D eigenvalue weighted by atomic mass is 19.0. The molecule has 0 aromatic rings. The fourth-order valence-corrected chi connectivity index (χ4v) is 0.739. The lowest BCUT2D eigenvalue weighted by atomic mass is 10.3. The maximum atomic E-state index is 5.15. The molecule has 1 saturated heterocycles. The zero-order valence-corrected chi connectivity index (χ0v) is 5.33. The molecule has 66 valence electrons. The maximum Gasteiger partial charge on any atom is 0.0814 e. The van der Waals surface area contributed by atoms with Crippen LogP contribution >= 0.6 is 0 Å².